The van der Waals surface area contributed by atoms with Gasteiger partial charge in [-0.1, -0.05) is 0 Å². The van der Waals surface area contributed by atoms with E-state index in [0.717, 1.165) is 16.5 Å². The van der Waals surface area contributed by atoms with Crippen molar-refractivity contribution in [3.8, 4) is 0 Å². The number of hydrogen-bond donors (Lipinski definition) is 2. The van der Waals surface area contributed by atoms with E-state index in [0.29, 0.717) is 49.7 Å². The molecule has 1 aliphatic heterocycles. The van der Waals surface area contributed by atoms with Crippen LogP contribution in [0.4, 0.5) is 10.6 Å². The van der Waals surface area contributed by atoms with E-state index in [-0.39, 0.29) is 23.9 Å². The molecule has 1 aliphatic rings. The minimum Gasteiger partial charge on any atom is -0.377 e. The van der Waals surface area contributed by atoms with Crippen molar-refractivity contribution >= 4 is 34.6 Å². The van der Waals surface area contributed by atoms with Crippen LogP contribution in [0, 0.1) is 0 Å². The summed E-state index contributed by atoms with van der Waals surface area (Å²) in [6.45, 7) is 3.68. The Balaban J connectivity index is 1.55. The van der Waals surface area contributed by atoms with Crippen LogP contribution >= 0.6 is 0 Å². The van der Waals surface area contributed by atoms with Crippen LogP contribution in [0.25, 0.3) is 10.9 Å². The molecule has 1 saturated heterocycles. The molecule has 0 spiro atoms. The first kappa shape index (κ1) is 25.2. The van der Waals surface area contributed by atoms with Gasteiger partial charge < -0.3 is 24.4 Å². The number of carbonyl (C=O) groups is 3. The number of ether oxygens (including phenoxy) is 1. The van der Waals surface area contributed by atoms with E-state index < -0.39 is 0 Å². The van der Waals surface area contributed by atoms with E-state index in [4.69, 9.17) is 4.74 Å². The van der Waals surface area contributed by atoms with Crippen LogP contribution in [0.2, 0.25) is 0 Å². The molecule has 36 heavy (non-hydrogen) atoms. The third-order valence-electron chi connectivity index (χ3n) is 6.26. The number of morpholine rings is 1. The van der Waals surface area contributed by atoms with E-state index in [1.807, 2.05) is 41.6 Å². The predicted molar refractivity (Wildman–Crippen MR) is 137 cm³/mol. The van der Waals surface area contributed by atoms with Crippen molar-refractivity contribution in [2.45, 2.75) is 19.4 Å². The lowest BCUT2D eigenvalue weighted by Gasteiger charge is -2.35. The molecule has 0 aliphatic carbocycles. The second-order valence-corrected chi connectivity index (χ2v) is 9.04. The van der Waals surface area contributed by atoms with Crippen molar-refractivity contribution in [1.29, 1.82) is 0 Å². The van der Waals surface area contributed by atoms with Crippen molar-refractivity contribution < 1.29 is 19.1 Å². The zero-order valence-electron chi connectivity index (χ0n) is 21.1. The quantitative estimate of drug-likeness (QED) is 0.550. The van der Waals surface area contributed by atoms with E-state index in [1.54, 1.807) is 31.1 Å². The summed E-state index contributed by atoms with van der Waals surface area (Å²) >= 11 is 0. The van der Waals surface area contributed by atoms with Crippen LogP contribution in [-0.4, -0.2) is 83.6 Å². The molecule has 4 rings (SSSR count). The highest BCUT2D eigenvalue weighted by atomic mass is 16.5. The SMILES string of the molecule is CCNC(=O)Nc1ccc(C(=O)N2CCOC[C@@H]2Cc2cn(C)c3ccc(C(=O)N(C)C)cc23)cn1. The Morgan fingerprint density at radius 2 is 1.94 bits per heavy atom. The Kier molecular flexibility index (Phi) is 7.54. The maximum atomic E-state index is 13.4. The molecule has 10 nitrogen and oxygen atoms in total. The fourth-order valence-electron chi connectivity index (χ4n) is 4.45. The van der Waals surface area contributed by atoms with Crippen LogP contribution in [-0.2, 0) is 18.2 Å². The number of urea groups is 1. The number of nitrogens with zero attached hydrogens (tertiary/aromatic N) is 4. The molecule has 2 N–H and O–H groups in total. The Bertz CT molecular complexity index is 1270. The number of carbonyl (C=O) groups excluding carboxylic acids is 3. The zero-order valence-corrected chi connectivity index (χ0v) is 21.1. The first-order chi connectivity index (χ1) is 17.3. The molecule has 1 fully saturated rings. The van der Waals surface area contributed by atoms with E-state index in [1.165, 1.54) is 6.20 Å². The number of aromatic nitrogens is 2. The highest BCUT2D eigenvalue weighted by molar-refractivity contribution is 5.99. The first-order valence-electron chi connectivity index (χ1n) is 12.0. The van der Waals surface area contributed by atoms with Crippen LogP contribution in [0.1, 0.15) is 33.2 Å². The average Bonchev–Trinajstić information content (AvgIpc) is 3.18. The van der Waals surface area contributed by atoms with Gasteiger partial charge in [-0.2, -0.15) is 0 Å². The normalized spacial score (nSPS) is 15.6. The van der Waals surface area contributed by atoms with Crippen molar-refractivity contribution in [1.82, 2.24) is 24.7 Å². The predicted octanol–water partition coefficient (Wildman–Crippen LogP) is 2.50. The summed E-state index contributed by atoms with van der Waals surface area (Å²) < 4.78 is 7.77. The fraction of sp³-hybridized carbons (Fsp3) is 0.385. The lowest BCUT2D eigenvalue weighted by Crippen LogP contribution is -2.49. The largest absolute Gasteiger partial charge is 0.377 e. The number of nitrogens with one attached hydrogen (secondary N) is 2. The molecule has 3 aromatic rings. The zero-order chi connectivity index (χ0) is 25.8. The number of rotatable bonds is 6. The van der Waals surface area contributed by atoms with Gasteiger partial charge in [0, 0.05) is 63.1 Å². The third-order valence-corrected chi connectivity index (χ3v) is 6.26. The molecule has 10 heteroatoms. The molecular formula is C26H32N6O4. The molecule has 2 aromatic heterocycles. The van der Waals surface area contributed by atoms with Gasteiger partial charge in [-0.3, -0.25) is 14.9 Å². The maximum Gasteiger partial charge on any atom is 0.320 e. The molecule has 1 aromatic carbocycles. The summed E-state index contributed by atoms with van der Waals surface area (Å²) in [5.74, 6) is 0.182. The van der Waals surface area contributed by atoms with Crippen molar-refractivity contribution in [3.63, 3.8) is 0 Å². The molecule has 0 radical (unpaired) electrons. The van der Waals surface area contributed by atoms with Gasteiger partial charge in [-0.25, -0.2) is 9.78 Å². The topological polar surface area (TPSA) is 109 Å². The summed E-state index contributed by atoms with van der Waals surface area (Å²) in [7, 11) is 5.44. The Labute approximate surface area is 210 Å². The van der Waals surface area contributed by atoms with Gasteiger partial charge in [0.15, 0.2) is 0 Å². The summed E-state index contributed by atoms with van der Waals surface area (Å²) in [6, 6.07) is 8.49. The number of aryl methyl sites for hydroxylation is 1. The highest BCUT2D eigenvalue weighted by Crippen LogP contribution is 2.26. The van der Waals surface area contributed by atoms with E-state index in [9.17, 15) is 14.4 Å². The summed E-state index contributed by atoms with van der Waals surface area (Å²) in [4.78, 5) is 45.2. The summed E-state index contributed by atoms with van der Waals surface area (Å²) in [5.41, 5.74) is 3.14. The number of anilines is 1. The number of pyridine rings is 1. The van der Waals surface area contributed by atoms with Gasteiger partial charge in [-0.05, 0) is 49.2 Å². The minimum atomic E-state index is -0.345. The fourth-order valence-corrected chi connectivity index (χ4v) is 4.45. The highest BCUT2D eigenvalue weighted by Gasteiger charge is 2.29. The van der Waals surface area contributed by atoms with Crippen molar-refractivity contribution in [3.05, 3.63) is 59.4 Å². The molecule has 0 bridgehead atoms. The summed E-state index contributed by atoms with van der Waals surface area (Å²) in [5, 5.41) is 6.26. The smallest absolute Gasteiger partial charge is 0.320 e. The average molecular weight is 493 g/mol. The number of amides is 4. The first-order valence-corrected chi connectivity index (χ1v) is 12.0. The lowest BCUT2D eigenvalue weighted by atomic mass is 10.0. The van der Waals surface area contributed by atoms with E-state index >= 15 is 0 Å². The second kappa shape index (κ2) is 10.8. The monoisotopic (exact) mass is 492 g/mol. The standard InChI is InChI=1S/C26H32N6O4/c1-5-27-26(35)29-23-9-7-18(14-28-23)25(34)32-10-11-36-16-20(32)12-19-15-31(4)22-8-6-17(13-21(19)22)24(33)30(2)3/h6-9,13-15,20H,5,10-12,16H2,1-4H3,(H2,27,28,29,35)/t20-/m0/s1. The molecule has 1 atom stereocenters. The van der Waals surface area contributed by atoms with Gasteiger partial charge in [0.25, 0.3) is 11.8 Å². The van der Waals surface area contributed by atoms with Crippen LogP contribution in [0.15, 0.2) is 42.7 Å². The number of benzene rings is 1. The van der Waals surface area contributed by atoms with Gasteiger partial charge in [0.1, 0.15) is 5.82 Å². The number of hydrogen-bond acceptors (Lipinski definition) is 5. The van der Waals surface area contributed by atoms with Crippen LogP contribution < -0.4 is 10.6 Å². The van der Waals surface area contributed by atoms with Gasteiger partial charge in [-0.15, -0.1) is 0 Å². The summed E-state index contributed by atoms with van der Waals surface area (Å²) in [6.07, 6.45) is 4.12. The minimum absolute atomic E-state index is 0.0536. The van der Waals surface area contributed by atoms with Crippen LogP contribution in [0.3, 0.4) is 0 Å². The molecule has 0 saturated carbocycles. The Morgan fingerprint density at radius 1 is 1.17 bits per heavy atom. The Morgan fingerprint density at radius 3 is 2.64 bits per heavy atom. The molecule has 0 unspecified atom stereocenters. The van der Waals surface area contributed by atoms with Crippen LogP contribution in [0.5, 0.6) is 0 Å². The van der Waals surface area contributed by atoms with Crippen molar-refractivity contribution in [2.75, 3.05) is 45.7 Å². The third kappa shape index (κ3) is 5.33. The molecular weight excluding hydrogens is 460 g/mol. The number of fused-ring (bicyclic) bond motifs is 1. The second-order valence-electron chi connectivity index (χ2n) is 9.04. The van der Waals surface area contributed by atoms with Crippen molar-refractivity contribution in [2.24, 2.45) is 7.05 Å². The van der Waals surface area contributed by atoms with E-state index in [2.05, 4.69) is 21.8 Å². The van der Waals surface area contributed by atoms with Gasteiger partial charge in [0.2, 0.25) is 0 Å². The molecule has 190 valence electrons. The Hall–Kier alpha value is -3.92. The maximum absolute atomic E-state index is 13.4. The van der Waals surface area contributed by atoms with Gasteiger partial charge in [0.05, 0.1) is 24.8 Å². The van der Waals surface area contributed by atoms with Gasteiger partial charge >= 0.3 is 6.03 Å². The lowest BCUT2D eigenvalue weighted by molar-refractivity contribution is -0.00158. The molecule has 4 amide bonds. The molecule has 3 heterocycles.